The first-order valence-electron chi connectivity index (χ1n) is 6.97. The van der Waals surface area contributed by atoms with Gasteiger partial charge < -0.3 is 0 Å². The number of halogens is 2. The molecule has 3 N–H and O–H groups in total. The topological polar surface area (TPSA) is 55.9 Å². The smallest absolute Gasteiger partial charge is 0.0738 e. The van der Waals surface area contributed by atoms with Crippen LogP contribution in [0.4, 0.5) is 0 Å². The van der Waals surface area contributed by atoms with E-state index in [4.69, 9.17) is 17.4 Å². The summed E-state index contributed by atoms with van der Waals surface area (Å²) in [6.45, 7) is 4.93. The van der Waals surface area contributed by atoms with Gasteiger partial charge in [-0.15, -0.1) is 0 Å². The first-order valence-corrected chi connectivity index (χ1v) is 8.14. The van der Waals surface area contributed by atoms with Crippen LogP contribution >= 0.6 is 27.5 Å². The van der Waals surface area contributed by atoms with Crippen molar-refractivity contribution in [2.45, 2.75) is 39.3 Å². The summed E-state index contributed by atoms with van der Waals surface area (Å²) >= 11 is 9.66. The van der Waals surface area contributed by atoms with E-state index in [1.807, 2.05) is 29.8 Å². The molecule has 1 aromatic heterocycles. The molecule has 2 aromatic rings. The zero-order valence-electron chi connectivity index (χ0n) is 12.2. The Morgan fingerprint density at radius 3 is 2.81 bits per heavy atom. The van der Waals surface area contributed by atoms with Gasteiger partial charge in [0.25, 0.3) is 0 Å². The molecule has 0 fully saturated rings. The van der Waals surface area contributed by atoms with Crippen LogP contribution in [0.5, 0.6) is 0 Å². The third-order valence-electron chi connectivity index (χ3n) is 3.50. The van der Waals surface area contributed by atoms with Crippen molar-refractivity contribution in [3.05, 3.63) is 50.7 Å². The van der Waals surface area contributed by atoms with Crippen LogP contribution in [0.25, 0.3) is 0 Å². The molecule has 0 aliphatic carbocycles. The molecular formula is C15H20BrClN4. The van der Waals surface area contributed by atoms with Crippen LogP contribution in [0, 0.1) is 6.92 Å². The van der Waals surface area contributed by atoms with Crippen LogP contribution in [0.15, 0.2) is 28.7 Å². The summed E-state index contributed by atoms with van der Waals surface area (Å²) in [6, 6.07) is 8.00. The summed E-state index contributed by atoms with van der Waals surface area (Å²) in [4.78, 5) is 0. The van der Waals surface area contributed by atoms with Gasteiger partial charge in [-0.3, -0.25) is 16.0 Å². The van der Waals surface area contributed by atoms with Gasteiger partial charge in [0.2, 0.25) is 0 Å². The van der Waals surface area contributed by atoms with Crippen LogP contribution in [0.3, 0.4) is 0 Å². The molecule has 1 unspecified atom stereocenters. The molecule has 0 saturated carbocycles. The van der Waals surface area contributed by atoms with Gasteiger partial charge >= 0.3 is 0 Å². The Labute approximate surface area is 138 Å². The summed E-state index contributed by atoms with van der Waals surface area (Å²) < 4.78 is 3.08. The van der Waals surface area contributed by atoms with Crippen LogP contribution in [0.2, 0.25) is 5.02 Å². The molecule has 21 heavy (non-hydrogen) atoms. The highest BCUT2D eigenvalue weighted by Crippen LogP contribution is 2.23. The maximum absolute atomic E-state index is 6.03. The maximum atomic E-state index is 6.03. The maximum Gasteiger partial charge on any atom is 0.0738 e. The third-order valence-corrected chi connectivity index (χ3v) is 4.77. The lowest BCUT2D eigenvalue weighted by Crippen LogP contribution is -2.39. The van der Waals surface area contributed by atoms with Crippen molar-refractivity contribution in [2.75, 3.05) is 0 Å². The standard InChI is InChI=1S/C15H20BrClN4/c1-3-21-14(15(16)10(2)20-21)9-13(19-18)8-11-5-4-6-12(17)7-11/h4-7,13,19H,3,8-9,18H2,1-2H3. The Bertz CT molecular complexity index is 612. The van der Waals surface area contributed by atoms with Crippen molar-refractivity contribution in [2.24, 2.45) is 5.84 Å². The van der Waals surface area contributed by atoms with Crippen LogP contribution in [-0.2, 0) is 19.4 Å². The quantitative estimate of drug-likeness (QED) is 0.605. The number of aryl methyl sites for hydroxylation is 2. The molecule has 0 radical (unpaired) electrons. The zero-order valence-corrected chi connectivity index (χ0v) is 14.6. The molecule has 1 aromatic carbocycles. The van der Waals surface area contributed by atoms with Crippen molar-refractivity contribution in [3.63, 3.8) is 0 Å². The summed E-state index contributed by atoms with van der Waals surface area (Å²) in [7, 11) is 0. The second-order valence-electron chi connectivity index (χ2n) is 5.06. The second-order valence-corrected chi connectivity index (χ2v) is 6.29. The van der Waals surface area contributed by atoms with E-state index in [1.165, 1.54) is 11.3 Å². The van der Waals surface area contributed by atoms with Gasteiger partial charge in [-0.05, 0) is 53.9 Å². The highest BCUT2D eigenvalue weighted by molar-refractivity contribution is 9.10. The van der Waals surface area contributed by atoms with Crippen LogP contribution in [-0.4, -0.2) is 15.8 Å². The van der Waals surface area contributed by atoms with E-state index >= 15 is 0 Å². The number of hydrogen-bond acceptors (Lipinski definition) is 3. The van der Waals surface area contributed by atoms with Gasteiger partial charge in [-0.2, -0.15) is 5.10 Å². The molecule has 0 amide bonds. The SMILES string of the molecule is CCn1nc(C)c(Br)c1CC(Cc1cccc(Cl)c1)NN. The summed E-state index contributed by atoms with van der Waals surface area (Å²) in [5.74, 6) is 5.73. The highest BCUT2D eigenvalue weighted by Gasteiger charge is 2.17. The van der Waals surface area contributed by atoms with E-state index in [0.29, 0.717) is 0 Å². The third kappa shape index (κ3) is 4.07. The lowest BCUT2D eigenvalue weighted by molar-refractivity contribution is 0.495. The fourth-order valence-electron chi connectivity index (χ4n) is 2.44. The summed E-state index contributed by atoms with van der Waals surface area (Å²) in [5, 5.41) is 5.27. The Hall–Kier alpha value is -0.880. The molecule has 114 valence electrons. The number of nitrogens with two attached hydrogens (primary N) is 1. The minimum atomic E-state index is 0.126. The Balaban J connectivity index is 2.16. The number of aromatic nitrogens is 2. The number of nitrogens with one attached hydrogen (secondary N) is 1. The van der Waals surface area contributed by atoms with Crippen molar-refractivity contribution >= 4 is 27.5 Å². The lowest BCUT2D eigenvalue weighted by Gasteiger charge is -2.17. The Morgan fingerprint density at radius 2 is 2.19 bits per heavy atom. The van der Waals surface area contributed by atoms with Gasteiger partial charge in [0.15, 0.2) is 0 Å². The molecule has 1 heterocycles. The molecule has 1 atom stereocenters. The van der Waals surface area contributed by atoms with Crippen molar-refractivity contribution in [1.29, 1.82) is 0 Å². The minimum Gasteiger partial charge on any atom is -0.271 e. The fourth-order valence-corrected chi connectivity index (χ4v) is 3.09. The van der Waals surface area contributed by atoms with Gasteiger partial charge in [0, 0.05) is 24.0 Å². The van der Waals surface area contributed by atoms with E-state index in [0.717, 1.165) is 34.6 Å². The molecule has 0 spiro atoms. The number of hydrazine groups is 1. The number of hydrogen-bond donors (Lipinski definition) is 2. The monoisotopic (exact) mass is 370 g/mol. The van der Waals surface area contributed by atoms with E-state index in [1.54, 1.807) is 0 Å². The molecule has 4 nitrogen and oxygen atoms in total. The largest absolute Gasteiger partial charge is 0.271 e. The molecule has 0 bridgehead atoms. The predicted octanol–water partition coefficient (Wildman–Crippen LogP) is 3.24. The second kappa shape index (κ2) is 7.40. The van der Waals surface area contributed by atoms with Crippen molar-refractivity contribution in [3.8, 4) is 0 Å². The molecule has 0 aliphatic rings. The highest BCUT2D eigenvalue weighted by atomic mass is 79.9. The number of rotatable bonds is 6. The lowest BCUT2D eigenvalue weighted by atomic mass is 10.0. The van der Waals surface area contributed by atoms with Crippen molar-refractivity contribution in [1.82, 2.24) is 15.2 Å². The van der Waals surface area contributed by atoms with Crippen LogP contribution in [0.1, 0.15) is 23.9 Å². The minimum absolute atomic E-state index is 0.126. The summed E-state index contributed by atoms with van der Waals surface area (Å²) in [6.07, 6.45) is 1.62. The Morgan fingerprint density at radius 1 is 1.43 bits per heavy atom. The molecular weight excluding hydrogens is 352 g/mol. The van der Waals surface area contributed by atoms with Crippen LogP contribution < -0.4 is 11.3 Å². The van der Waals surface area contributed by atoms with E-state index in [2.05, 4.69) is 39.4 Å². The van der Waals surface area contributed by atoms with E-state index in [-0.39, 0.29) is 6.04 Å². The van der Waals surface area contributed by atoms with Crippen molar-refractivity contribution < 1.29 is 0 Å². The van der Waals surface area contributed by atoms with Gasteiger partial charge in [0.1, 0.15) is 0 Å². The number of nitrogens with zero attached hydrogens (tertiary/aromatic N) is 2. The average molecular weight is 372 g/mol. The fraction of sp³-hybridized carbons (Fsp3) is 0.400. The molecule has 6 heteroatoms. The van der Waals surface area contributed by atoms with Gasteiger partial charge in [-0.25, -0.2) is 0 Å². The average Bonchev–Trinajstić information content (AvgIpc) is 2.74. The predicted molar refractivity (Wildman–Crippen MR) is 90.3 cm³/mol. The van der Waals surface area contributed by atoms with Gasteiger partial charge in [0.05, 0.1) is 15.9 Å². The van der Waals surface area contributed by atoms with E-state index < -0.39 is 0 Å². The molecule has 2 rings (SSSR count). The number of benzene rings is 1. The molecule has 0 saturated heterocycles. The first kappa shape index (κ1) is 16.5. The Kier molecular flexibility index (Phi) is 5.81. The van der Waals surface area contributed by atoms with E-state index in [9.17, 15) is 0 Å². The zero-order chi connectivity index (χ0) is 15.4. The normalized spacial score (nSPS) is 12.6. The first-order chi connectivity index (χ1) is 10.0. The molecule has 0 aliphatic heterocycles. The summed E-state index contributed by atoms with van der Waals surface area (Å²) in [5.41, 5.74) is 6.24. The van der Waals surface area contributed by atoms with Gasteiger partial charge in [-0.1, -0.05) is 23.7 Å².